The molecule has 1 saturated heterocycles. The smallest absolute Gasteiger partial charge is 0.227 e. The molecule has 0 bridgehead atoms. The van der Waals surface area contributed by atoms with Gasteiger partial charge in [0.2, 0.25) is 11.8 Å². The number of piperazine rings is 1. The zero-order chi connectivity index (χ0) is 20.1. The van der Waals surface area contributed by atoms with Gasteiger partial charge in [0.05, 0.1) is 0 Å². The molecule has 0 aliphatic carbocycles. The number of amides is 1. The van der Waals surface area contributed by atoms with Crippen LogP contribution < -0.4 is 0 Å². The summed E-state index contributed by atoms with van der Waals surface area (Å²) in [5, 5.41) is 4.29. The summed E-state index contributed by atoms with van der Waals surface area (Å²) in [6.45, 7) is 5.26. The normalized spacial score (nSPS) is 16.4. The van der Waals surface area contributed by atoms with Crippen molar-refractivity contribution in [3.8, 4) is 0 Å². The Balaban J connectivity index is 1.44. The Labute approximate surface area is 168 Å². The summed E-state index contributed by atoms with van der Waals surface area (Å²) in [4.78, 5) is 20.8. The van der Waals surface area contributed by atoms with Gasteiger partial charge < -0.3 is 14.2 Å². The third-order valence-corrected chi connectivity index (χ3v) is 5.24. The predicted octanol–water partition coefficient (Wildman–Crippen LogP) is 2.85. The van der Waals surface area contributed by atoms with E-state index in [0.717, 1.165) is 18.7 Å². The SMILES string of the molecule is CO[C@@H](C)c1noc(CCC(=O)N2CCN(Cc3ccc(F)cc3Cl)CC2)n1. The Morgan fingerprint density at radius 2 is 2.11 bits per heavy atom. The second kappa shape index (κ2) is 9.45. The molecule has 1 aliphatic heterocycles. The molecule has 1 fully saturated rings. The number of rotatable bonds is 7. The highest BCUT2D eigenvalue weighted by molar-refractivity contribution is 6.31. The average Bonchev–Trinajstić information content (AvgIpc) is 3.17. The molecule has 1 atom stereocenters. The number of hydrogen-bond donors (Lipinski definition) is 0. The summed E-state index contributed by atoms with van der Waals surface area (Å²) in [6.07, 6.45) is 0.497. The third kappa shape index (κ3) is 5.27. The summed E-state index contributed by atoms with van der Waals surface area (Å²) in [5.74, 6) is 0.656. The van der Waals surface area contributed by atoms with Crippen LogP contribution in [0.25, 0.3) is 0 Å². The van der Waals surface area contributed by atoms with Crippen molar-refractivity contribution in [3.63, 3.8) is 0 Å². The molecule has 9 heteroatoms. The van der Waals surface area contributed by atoms with Gasteiger partial charge in [0.15, 0.2) is 5.82 Å². The van der Waals surface area contributed by atoms with E-state index in [1.165, 1.54) is 12.1 Å². The molecule has 2 aromatic rings. The number of nitrogens with zero attached hydrogens (tertiary/aromatic N) is 4. The Kier molecular flexibility index (Phi) is 6.98. The van der Waals surface area contributed by atoms with E-state index in [0.29, 0.717) is 49.2 Å². The molecular formula is C19H24ClFN4O3. The van der Waals surface area contributed by atoms with Gasteiger partial charge >= 0.3 is 0 Å². The van der Waals surface area contributed by atoms with Crippen LogP contribution in [0.15, 0.2) is 22.7 Å². The van der Waals surface area contributed by atoms with E-state index in [4.69, 9.17) is 20.9 Å². The fourth-order valence-corrected chi connectivity index (χ4v) is 3.29. The molecule has 28 heavy (non-hydrogen) atoms. The summed E-state index contributed by atoms with van der Waals surface area (Å²) in [6, 6.07) is 4.45. The van der Waals surface area contributed by atoms with Crippen molar-refractivity contribution >= 4 is 17.5 Å². The highest BCUT2D eigenvalue weighted by atomic mass is 35.5. The minimum Gasteiger partial charge on any atom is -0.374 e. The average molecular weight is 411 g/mol. The first-order valence-corrected chi connectivity index (χ1v) is 9.63. The van der Waals surface area contributed by atoms with Crippen molar-refractivity contribution in [2.24, 2.45) is 0 Å². The number of methoxy groups -OCH3 is 1. The lowest BCUT2D eigenvalue weighted by Gasteiger charge is -2.35. The maximum absolute atomic E-state index is 13.2. The first-order chi connectivity index (χ1) is 13.5. The van der Waals surface area contributed by atoms with Crippen LogP contribution in [0.4, 0.5) is 4.39 Å². The molecule has 0 unspecified atom stereocenters. The van der Waals surface area contributed by atoms with Crippen molar-refractivity contribution in [1.82, 2.24) is 19.9 Å². The van der Waals surface area contributed by atoms with Crippen molar-refractivity contribution in [1.29, 1.82) is 0 Å². The Hall–Kier alpha value is -2.03. The van der Waals surface area contributed by atoms with Crippen molar-refractivity contribution < 1.29 is 18.4 Å². The van der Waals surface area contributed by atoms with Crippen LogP contribution in [0.2, 0.25) is 5.02 Å². The van der Waals surface area contributed by atoms with Crippen molar-refractivity contribution in [2.75, 3.05) is 33.3 Å². The number of carbonyl (C=O) groups is 1. The van der Waals surface area contributed by atoms with E-state index in [-0.39, 0.29) is 17.8 Å². The van der Waals surface area contributed by atoms with Gasteiger partial charge in [-0.1, -0.05) is 22.8 Å². The van der Waals surface area contributed by atoms with Gasteiger partial charge in [0, 0.05) is 57.7 Å². The Bertz CT molecular complexity index is 808. The van der Waals surface area contributed by atoms with Crippen molar-refractivity contribution in [3.05, 3.63) is 46.3 Å². The fraction of sp³-hybridized carbons (Fsp3) is 0.526. The van der Waals surface area contributed by atoms with Gasteiger partial charge in [-0.2, -0.15) is 4.98 Å². The molecule has 1 aromatic carbocycles. The molecular weight excluding hydrogens is 387 g/mol. The summed E-state index contributed by atoms with van der Waals surface area (Å²) in [5.41, 5.74) is 0.889. The number of aromatic nitrogens is 2. The van der Waals surface area contributed by atoms with Crippen LogP contribution in [0.5, 0.6) is 0 Å². The van der Waals surface area contributed by atoms with Crippen LogP contribution in [0.1, 0.15) is 36.7 Å². The van der Waals surface area contributed by atoms with Gasteiger partial charge in [0.1, 0.15) is 11.9 Å². The van der Waals surface area contributed by atoms with E-state index in [9.17, 15) is 9.18 Å². The zero-order valence-electron chi connectivity index (χ0n) is 16.0. The van der Waals surface area contributed by atoms with Crippen LogP contribution in [0, 0.1) is 5.82 Å². The summed E-state index contributed by atoms with van der Waals surface area (Å²) < 4.78 is 23.5. The molecule has 0 saturated carbocycles. The number of aryl methyl sites for hydroxylation is 1. The molecule has 1 amide bonds. The molecule has 7 nitrogen and oxygen atoms in total. The Morgan fingerprint density at radius 3 is 2.79 bits per heavy atom. The summed E-state index contributed by atoms with van der Waals surface area (Å²) in [7, 11) is 1.58. The summed E-state index contributed by atoms with van der Waals surface area (Å²) >= 11 is 6.10. The van der Waals surface area contributed by atoms with Gasteiger partial charge in [-0.05, 0) is 24.6 Å². The standard InChI is InChI=1S/C19H24ClFN4O3/c1-13(27-2)19-22-17(28-23-19)5-6-18(26)25-9-7-24(8-10-25)12-14-3-4-15(21)11-16(14)20/h3-4,11,13H,5-10,12H2,1-2H3/t13-/m0/s1. The zero-order valence-corrected chi connectivity index (χ0v) is 16.8. The fourth-order valence-electron chi connectivity index (χ4n) is 3.06. The number of ether oxygens (including phenoxy) is 1. The number of carbonyl (C=O) groups excluding carboxylic acids is 1. The van der Waals surface area contributed by atoms with Gasteiger partial charge in [-0.15, -0.1) is 0 Å². The molecule has 1 aliphatic rings. The van der Waals surface area contributed by atoms with Gasteiger partial charge in [-0.25, -0.2) is 4.39 Å². The van der Waals surface area contributed by atoms with E-state index in [1.807, 2.05) is 11.8 Å². The lowest BCUT2D eigenvalue weighted by molar-refractivity contribution is -0.133. The molecule has 2 heterocycles. The quantitative estimate of drug-likeness (QED) is 0.699. The topological polar surface area (TPSA) is 71.7 Å². The largest absolute Gasteiger partial charge is 0.374 e. The Morgan fingerprint density at radius 1 is 1.36 bits per heavy atom. The second-order valence-electron chi connectivity index (χ2n) is 6.82. The van der Waals surface area contributed by atoms with Gasteiger partial charge in [0.25, 0.3) is 0 Å². The highest BCUT2D eigenvalue weighted by Crippen LogP contribution is 2.20. The van der Waals surface area contributed by atoms with Crippen LogP contribution in [-0.2, 0) is 22.5 Å². The highest BCUT2D eigenvalue weighted by Gasteiger charge is 2.22. The molecule has 3 rings (SSSR count). The third-order valence-electron chi connectivity index (χ3n) is 4.89. The molecule has 0 radical (unpaired) electrons. The molecule has 1 aromatic heterocycles. The van der Waals surface area contributed by atoms with Crippen LogP contribution >= 0.6 is 11.6 Å². The van der Waals surface area contributed by atoms with Crippen LogP contribution in [-0.4, -0.2) is 59.1 Å². The van der Waals surface area contributed by atoms with E-state index in [1.54, 1.807) is 13.2 Å². The lowest BCUT2D eigenvalue weighted by atomic mass is 10.2. The predicted molar refractivity (Wildman–Crippen MR) is 101 cm³/mol. The lowest BCUT2D eigenvalue weighted by Crippen LogP contribution is -2.48. The number of hydrogen-bond acceptors (Lipinski definition) is 6. The number of benzene rings is 1. The molecule has 152 valence electrons. The van der Waals surface area contributed by atoms with Gasteiger partial charge in [-0.3, -0.25) is 9.69 Å². The minimum atomic E-state index is -0.339. The molecule has 0 spiro atoms. The van der Waals surface area contributed by atoms with E-state index in [2.05, 4.69) is 15.0 Å². The van der Waals surface area contributed by atoms with E-state index < -0.39 is 0 Å². The second-order valence-corrected chi connectivity index (χ2v) is 7.22. The minimum absolute atomic E-state index is 0.0685. The molecule has 0 N–H and O–H groups in total. The maximum Gasteiger partial charge on any atom is 0.227 e. The van der Waals surface area contributed by atoms with E-state index >= 15 is 0 Å². The number of halogens is 2. The maximum atomic E-state index is 13.2. The monoisotopic (exact) mass is 410 g/mol. The first kappa shape index (κ1) is 20.7. The first-order valence-electron chi connectivity index (χ1n) is 9.25. The van der Waals surface area contributed by atoms with Crippen molar-refractivity contribution in [2.45, 2.75) is 32.4 Å². The van der Waals surface area contributed by atoms with Crippen LogP contribution in [0.3, 0.4) is 0 Å².